The van der Waals surface area contributed by atoms with Gasteiger partial charge < -0.3 is 29.8 Å². The summed E-state index contributed by atoms with van der Waals surface area (Å²) in [5.74, 6) is 0.534. The van der Waals surface area contributed by atoms with E-state index in [1.54, 1.807) is 13.0 Å². The van der Waals surface area contributed by atoms with Crippen molar-refractivity contribution >= 4 is 10.9 Å². The zero-order chi connectivity index (χ0) is 20.3. The van der Waals surface area contributed by atoms with E-state index >= 15 is 0 Å². The maximum Gasteiger partial charge on any atom is 0.229 e. The maximum absolute atomic E-state index is 10.2. The molecular weight excluding hydrogens is 360 g/mol. The van der Waals surface area contributed by atoms with E-state index in [1.807, 2.05) is 24.4 Å². The maximum atomic E-state index is 10.2. The highest BCUT2D eigenvalue weighted by atomic mass is 16.7. The van der Waals surface area contributed by atoms with E-state index in [-0.39, 0.29) is 0 Å². The third kappa shape index (κ3) is 4.39. The van der Waals surface area contributed by atoms with Crippen molar-refractivity contribution in [2.75, 3.05) is 19.6 Å². The molecule has 7 nitrogen and oxygen atoms in total. The van der Waals surface area contributed by atoms with E-state index < -0.39 is 30.7 Å². The molecule has 1 aliphatic rings. The van der Waals surface area contributed by atoms with Crippen LogP contribution in [-0.2, 0) is 11.2 Å². The number of aliphatic hydroxyl groups is 3. The van der Waals surface area contributed by atoms with Crippen molar-refractivity contribution in [3.63, 3.8) is 0 Å². The third-order valence-electron chi connectivity index (χ3n) is 5.33. The van der Waals surface area contributed by atoms with Gasteiger partial charge in [-0.25, -0.2) is 0 Å². The Labute approximate surface area is 165 Å². The van der Waals surface area contributed by atoms with Crippen LogP contribution >= 0.6 is 0 Å². The number of H-pyrrole nitrogens is 1. The molecule has 1 aromatic heterocycles. The SMILES string of the molecule is C=CCN(CC)CCc1c[nH]c2ccc(OC3OC(C)C(O)C(O)C3O)cc12. The first-order valence-electron chi connectivity index (χ1n) is 9.74. The molecular formula is C21H30N2O5. The molecule has 0 saturated carbocycles. The molecule has 3 rings (SSSR count). The first-order chi connectivity index (χ1) is 13.4. The molecule has 0 amide bonds. The van der Waals surface area contributed by atoms with Crippen molar-refractivity contribution in [2.45, 2.75) is 51.0 Å². The van der Waals surface area contributed by atoms with Gasteiger partial charge in [0.15, 0.2) is 0 Å². The van der Waals surface area contributed by atoms with Gasteiger partial charge in [-0.1, -0.05) is 13.0 Å². The number of rotatable bonds is 8. The Balaban J connectivity index is 1.74. The lowest BCUT2D eigenvalue weighted by molar-refractivity contribution is -0.268. The van der Waals surface area contributed by atoms with Crippen LogP contribution in [0.15, 0.2) is 37.1 Å². The average Bonchev–Trinajstić information content (AvgIpc) is 3.10. The Morgan fingerprint density at radius 1 is 1.25 bits per heavy atom. The summed E-state index contributed by atoms with van der Waals surface area (Å²) in [7, 11) is 0. The highest BCUT2D eigenvalue weighted by Gasteiger charge is 2.43. The van der Waals surface area contributed by atoms with Crippen LogP contribution in [0, 0.1) is 0 Å². The van der Waals surface area contributed by atoms with E-state index in [1.165, 1.54) is 5.56 Å². The molecule has 1 aliphatic heterocycles. The molecule has 2 aromatic rings. The van der Waals surface area contributed by atoms with Gasteiger partial charge in [0, 0.05) is 30.2 Å². The number of aliphatic hydroxyl groups excluding tert-OH is 3. The molecule has 4 N–H and O–H groups in total. The van der Waals surface area contributed by atoms with Crippen LogP contribution in [0.4, 0.5) is 0 Å². The summed E-state index contributed by atoms with van der Waals surface area (Å²) in [4.78, 5) is 5.59. The van der Waals surface area contributed by atoms with Crippen molar-refractivity contribution in [3.8, 4) is 5.75 Å². The number of fused-ring (bicyclic) bond motifs is 1. The van der Waals surface area contributed by atoms with Crippen molar-refractivity contribution in [2.24, 2.45) is 0 Å². The van der Waals surface area contributed by atoms with Gasteiger partial charge in [0.25, 0.3) is 0 Å². The van der Waals surface area contributed by atoms with Crippen LogP contribution in [0.1, 0.15) is 19.4 Å². The van der Waals surface area contributed by atoms with Crippen LogP contribution in [0.2, 0.25) is 0 Å². The van der Waals surface area contributed by atoms with E-state index in [0.29, 0.717) is 5.75 Å². The molecule has 1 aromatic carbocycles. The third-order valence-corrected chi connectivity index (χ3v) is 5.33. The smallest absolute Gasteiger partial charge is 0.229 e. The van der Waals surface area contributed by atoms with Gasteiger partial charge in [-0.3, -0.25) is 4.90 Å². The van der Waals surface area contributed by atoms with Crippen molar-refractivity contribution in [1.29, 1.82) is 0 Å². The van der Waals surface area contributed by atoms with Gasteiger partial charge in [0.1, 0.15) is 24.1 Å². The predicted molar refractivity (Wildman–Crippen MR) is 107 cm³/mol. The number of hydrogen-bond acceptors (Lipinski definition) is 6. The lowest BCUT2D eigenvalue weighted by Crippen LogP contribution is -2.58. The van der Waals surface area contributed by atoms with Crippen LogP contribution in [0.5, 0.6) is 5.75 Å². The zero-order valence-corrected chi connectivity index (χ0v) is 16.4. The molecule has 28 heavy (non-hydrogen) atoms. The molecule has 0 radical (unpaired) electrons. The minimum Gasteiger partial charge on any atom is -0.462 e. The van der Waals surface area contributed by atoms with Gasteiger partial charge in [-0.15, -0.1) is 6.58 Å². The summed E-state index contributed by atoms with van der Waals surface area (Å²) in [5, 5.41) is 31.0. The number of benzene rings is 1. The summed E-state index contributed by atoms with van der Waals surface area (Å²) in [6.45, 7) is 10.3. The topological polar surface area (TPSA) is 98.2 Å². The number of hydrogen-bond donors (Lipinski definition) is 4. The zero-order valence-electron chi connectivity index (χ0n) is 16.4. The van der Waals surface area contributed by atoms with Crippen LogP contribution in [-0.4, -0.2) is 75.5 Å². The Bertz CT molecular complexity index is 792. The Kier molecular flexibility index (Phi) is 6.74. The van der Waals surface area contributed by atoms with Crippen molar-refractivity contribution in [1.82, 2.24) is 9.88 Å². The fourth-order valence-corrected chi connectivity index (χ4v) is 3.52. The molecule has 0 spiro atoms. The number of ether oxygens (including phenoxy) is 2. The summed E-state index contributed by atoms with van der Waals surface area (Å²) >= 11 is 0. The van der Waals surface area contributed by atoms with E-state index in [2.05, 4.69) is 23.4 Å². The highest BCUT2D eigenvalue weighted by molar-refractivity contribution is 5.84. The largest absolute Gasteiger partial charge is 0.462 e. The number of nitrogens with zero attached hydrogens (tertiary/aromatic N) is 1. The molecule has 5 unspecified atom stereocenters. The lowest BCUT2D eigenvalue weighted by atomic mass is 10.00. The minimum atomic E-state index is -1.33. The Morgan fingerprint density at radius 3 is 2.75 bits per heavy atom. The van der Waals surface area contributed by atoms with Crippen molar-refractivity contribution < 1.29 is 24.8 Å². The summed E-state index contributed by atoms with van der Waals surface area (Å²) in [5.41, 5.74) is 2.18. The summed E-state index contributed by atoms with van der Waals surface area (Å²) in [6.07, 6.45) is -0.677. The molecule has 7 heteroatoms. The van der Waals surface area contributed by atoms with Gasteiger partial charge in [0.2, 0.25) is 6.29 Å². The quantitative estimate of drug-likeness (QED) is 0.509. The first-order valence-corrected chi connectivity index (χ1v) is 9.74. The second-order valence-corrected chi connectivity index (χ2v) is 7.25. The van der Waals surface area contributed by atoms with Gasteiger partial charge in [-0.2, -0.15) is 0 Å². The highest BCUT2D eigenvalue weighted by Crippen LogP contribution is 2.28. The Hall–Kier alpha value is -1.90. The van der Waals surface area contributed by atoms with E-state index in [9.17, 15) is 15.3 Å². The number of aromatic nitrogens is 1. The van der Waals surface area contributed by atoms with E-state index in [0.717, 1.165) is 37.0 Å². The minimum absolute atomic E-state index is 0.534. The fraction of sp³-hybridized carbons (Fsp3) is 0.524. The standard InChI is InChI=1S/C21H30N2O5/c1-4-9-23(5-2)10-8-14-12-22-17-7-6-15(11-16(14)17)28-21-20(26)19(25)18(24)13(3)27-21/h4,6-7,11-13,18-22,24-26H,1,5,8-10H2,2-3H3. The van der Waals surface area contributed by atoms with Crippen LogP contribution < -0.4 is 4.74 Å². The monoisotopic (exact) mass is 390 g/mol. The van der Waals surface area contributed by atoms with Gasteiger partial charge in [-0.05, 0) is 43.7 Å². The van der Waals surface area contributed by atoms with Crippen molar-refractivity contribution in [3.05, 3.63) is 42.6 Å². The number of aromatic amines is 1. The second-order valence-electron chi connectivity index (χ2n) is 7.25. The number of nitrogens with one attached hydrogen (secondary N) is 1. The van der Waals surface area contributed by atoms with E-state index in [4.69, 9.17) is 9.47 Å². The first kappa shape index (κ1) is 20.8. The normalized spacial score (nSPS) is 28.0. The molecule has 5 atom stereocenters. The van der Waals surface area contributed by atoms with Crippen LogP contribution in [0.3, 0.4) is 0 Å². The summed E-state index contributed by atoms with van der Waals surface area (Å²) < 4.78 is 11.3. The number of likely N-dealkylation sites (N-methyl/N-ethyl adjacent to an activating group) is 1. The fourth-order valence-electron chi connectivity index (χ4n) is 3.52. The second kappa shape index (κ2) is 9.07. The predicted octanol–water partition coefficient (Wildman–Crippen LogP) is 1.42. The average molecular weight is 390 g/mol. The lowest BCUT2D eigenvalue weighted by Gasteiger charge is -2.38. The molecule has 1 saturated heterocycles. The Morgan fingerprint density at radius 2 is 2.04 bits per heavy atom. The van der Waals surface area contributed by atoms with Gasteiger partial charge in [0.05, 0.1) is 6.10 Å². The molecule has 0 bridgehead atoms. The molecule has 154 valence electrons. The molecule has 1 fully saturated rings. The molecule has 2 heterocycles. The molecule has 0 aliphatic carbocycles. The summed E-state index contributed by atoms with van der Waals surface area (Å²) in [6, 6.07) is 5.61. The van der Waals surface area contributed by atoms with Crippen LogP contribution in [0.25, 0.3) is 10.9 Å². The van der Waals surface area contributed by atoms with Gasteiger partial charge >= 0.3 is 0 Å².